The Balaban J connectivity index is 2.84. The van der Waals surface area contributed by atoms with Crippen LogP contribution in [0.3, 0.4) is 0 Å². The lowest BCUT2D eigenvalue weighted by molar-refractivity contribution is -0.384. The molecule has 0 N–H and O–H groups in total. The van der Waals surface area contributed by atoms with Crippen LogP contribution in [0.15, 0.2) is 30.5 Å². The number of alkyl halides is 5. The van der Waals surface area contributed by atoms with E-state index in [0.29, 0.717) is 0 Å². The molecule has 2 aromatic rings. The number of aromatic nitrogens is 1. The average Bonchev–Trinajstić information content (AvgIpc) is 2.59. The van der Waals surface area contributed by atoms with Crippen LogP contribution in [0.25, 0.3) is 11.1 Å². The quantitative estimate of drug-likeness (QED) is 0.406. The Bertz CT molecular complexity index is 916. The van der Waals surface area contributed by atoms with Gasteiger partial charge in [-0.3, -0.25) is 15.1 Å². The molecule has 0 unspecified atom stereocenters. The van der Waals surface area contributed by atoms with Crippen LogP contribution in [0, 0.1) is 21.4 Å². The van der Waals surface area contributed by atoms with Gasteiger partial charge >= 0.3 is 12.1 Å². The Labute approximate surface area is 150 Å². The van der Waals surface area contributed by atoms with Crippen molar-refractivity contribution >= 4 is 5.69 Å². The molecule has 0 aliphatic heterocycles. The van der Waals surface area contributed by atoms with Gasteiger partial charge in [0.2, 0.25) is 0 Å². The van der Waals surface area contributed by atoms with Gasteiger partial charge in [0.25, 0.3) is 5.69 Å². The highest BCUT2D eigenvalue weighted by atomic mass is 19.4. The molecule has 5 nitrogen and oxygen atoms in total. The molecule has 0 saturated heterocycles. The van der Waals surface area contributed by atoms with Gasteiger partial charge in [0.05, 0.1) is 10.5 Å². The zero-order valence-corrected chi connectivity index (χ0v) is 14.0. The molecule has 0 bridgehead atoms. The molecule has 1 heterocycles. The van der Waals surface area contributed by atoms with Crippen molar-refractivity contribution in [3.05, 3.63) is 57.4 Å². The number of hydrogen-bond acceptors (Lipinski definition) is 4. The summed E-state index contributed by atoms with van der Waals surface area (Å²) in [7, 11) is 0. The predicted octanol–water partition coefficient (Wildman–Crippen LogP) is 5.31. The minimum atomic E-state index is -5.93. The van der Waals surface area contributed by atoms with Crippen LogP contribution < -0.4 is 0 Å². The summed E-state index contributed by atoms with van der Waals surface area (Å²) in [6.07, 6.45) is -5.06. The van der Waals surface area contributed by atoms with Crippen molar-refractivity contribution in [1.82, 2.24) is 4.98 Å². The van der Waals surface area contributed by atoms with Gasteiger partial charge in [-0.1, -0.05) is 13.8 Å². The fraction of sp³-hybridized carbons (Fsp3) is 0.294. The second kappa shape index (κ2) is 6.90. The van der Waals surface area contributed by atoms with Gasteiger partial charge < -0.3 is 0 Å². The lowest BCUT2D eigenvalue weighted by Gasteiger charge is -2.23. The van der Waals surface area contributed by atoms with Crippen molar-refractivity contribution in [1.29, 1.82) is 5.26 Å². The molecule has 0 radical (unpaired) electrons. The van der Waals surface area contributed by atoms with E-state index in [0.717, 1.165) is 18.3 Å². The van der Waals surface area contributed by atoms with Gasteiger partial charge in [0.15, 0.2) is 0 Å². The summed E-state index contributed by atoms with van der Waals surface area (Å²) in [6.45, 7) is 3.29. The number of halogens is 5. The van der Waals surface area contributed by atoms with Crippen molar-refractivity contribution in [3.63, 3.8) is 0 Å². The first kappa shape index (κ1) is 20.2. The van der Waals surface area contributed by atoms with Crippen molar-refractivity contribution in [2.45, 2.75) is 31.9 Å². The second-order valence-electron chi connectivity index (χ2n) is 5.95. The summed E-state index contributed by atoms with van der Waals surface area (Å²) in [6, 6.07) is 5.92. The maximum atomic E-state index is 13.9. The van der Waals surface area contributed by atoms with E-state index >= 15 is 0 Å². The van der Waals surface area contributed by atoms with Crippen LogP contribution in [0.1, 0.15) is 36.6 Å². The monoisotopic (exact) mass is 385 g/mol. The zero-order chi connectivity index (χ0) is 20.6. The fourth-order valence-electron chi connectivity index (χ4n) is 2.51. The number of nitriles is 1. The topological polar surface area (TPSA) is 79.8 Å². The Hall–Kier alpha value is -3.09. The molecular formula is C17H12F5N3O2. The molecule has 0 aliphatic carbocycles. The highest BCUT2D eigenvalue weighted by molar-refractivity contribution is 5.76. The van der Waals surface area contributed by atoms with Gasteiger partial charge in [-0.05, 0) is 29.2 Å². The fourth-order valence-corrected chi connectivity index (χ4v) is 2.51. The van der Waals surface area contributed by atoms with Crippen LogP contribution in [0.4, 0.5) is 27.6 Å². The van der Waals surface area contributed by atoms with Crippen molar-refractivity contribution in [3.8, 4) is 17.2 Å². The van der Waals surface area contributed by atoms with E-state index in [1.165, 1.54) is 18.2 Å². The molecule has 10 heteroatoms. The first-order valence-electron chi connectivity index (χ1n) is 7.54. The average molecular weight is 385 g/mol. The van der Waals surface area contributed by atoms with Gasteiger partial charge in [-0.25, -0.2) is 0 Å². The minimum absolute atomic E-state index is 0.0995. The summed E-state index contributed by atoms with van der Waals surface area (Å²) in [5.74, 6) is -5.69. The van der Waals surface area contributed by atoms with E-state index < -0.39 is 28.3 Å². The van der Waals surface area contributed by atoms with Crippen LogP contribution in [-0.4, -0.2) is 16.1 Å². The zero-order valence-electron chi connectivity index (χ0n) is 14.0. The normalized spacial score (nSPS) is 12.1. The maximum Gasteiger partial charge on any atom is 0.459 e. The number of nitro groups is 1. The third-order valence-corrected chi connectivity index (χ3v) is 3.86. The maximum absolute atomic E-state index is 13.9. The van der Waals surface area contributed by atoms with E-state index in [2.05, 4.69) is 4.98 Å². The first-order chi connectivity index (χ1) is 12.4. The number of rotatable bonds is 4. The Morgan fingerprint density at radius 3 is 2.11 bits per heavy atom. The SMILES string of the molecule is CC(C)c1cnc(C(F)(F)C(F)(F)F)c(C#N)c1-c1ccc([N+](=O)[O-])cc1. The second-order valence-corrected chi connectivity index (χ2v) is 5.95. The van der Waals surface area contributed by atoms with Crippen LogP contribution in [-0.2, 0) is 5.92 Å². The Morgan fingerprint density at radius 1 is 1.15 bits per heavy atom. The number of hydrogen-bond donors (Lipinski definition) is 0. The molecule has 1 aromatic carbocycles. The van der Waals surface area contributed by atoms with E-state index in [1.54, 1.807) is 13.8 Å². The summed E-state index contributed by atoms with van der Waals surface area (Å²) in [4.78, 5) is 13.3. The largest absolute Gasteiger partial charge is 0.459 e. The summed E-state index contributed by atoms with van der Waals surface area (Å²) in [5.41, 5.74) is -2.70. The van der Waals surface area contributed by atoms with Gasteiger partial charge in [0, 0.05) is 23.9 Å². The molecule has 27 heavy (non-hydrogen) atoms. The molecule has 0 fully saturated rings. The molecule has 0 spiro atoms. The summed E-state index contributed by atoms with van der Waals surface area (Å²) < 4.78 is 66.2. The van der Waals surface area contributed by atoms with Crippen molar-refractivity contribution < 1.29 is 26.9 Å². The molecule has 1 aromatic heterocycles. The number of pyridine rings is 1. The number of non-ortho nitro benzene ring substituents is 1. The van der Waals surface area contributed by atoms with E-state index in [9.17, 15) is 37.3 Å². The predicted molar refractivity (Wildman–Crippen MR) is 85.1 cm³/mol. The molecule has 142 valence electrons. The molecule has 0 amide bonds. The van der Waals surface area contributed by atoms with Crippen molar-refractivity contribution in [2.75, 3.05) is 0 Å². The molecular weight excluding hydrogens is 373 g/mol. The number of nitro benzene ring substituents is 1. The number of nitrogens with zero attached hydrogens (tertiary/aromatic N) is 3. The third kappa shape index (κ3) is 3.58. The van der Waals surface area contributed by atoms with Crippen LogP contribution in [0.5, 0.6) is 0 Å². The first-order valence-corrected chi connectivity index (χ1v) is 7.54. The third-order valence-electron chi connectivity index (χ3n) is 3.86. The van der Waals surface area contributed by atoms with E-state index in [-0.39, 0.29) is 28.3 Å². The van der Waals surface area contributed by atoms with Crippen molar-refractivity contribution in [2.24, 2.45) is 0 Å². The highest BCUT2D eigenvalue weighted by Gasteiger charge is 2.61. The van der Waals surface area contributed by atoms with E-state index in [4.69, 9.17) is 0 Å². The van der Waals surface area contributed by atoms with Crippen LogP contribution in [0.2, 0.25) is 0 Å². The van der Waals surface area contributed by atoms with E-state index in [1.807, 2.05) is 0 Å². The molecule has 0 saturated carbocycles. The summed E-state index contributed by atoms with van der Waals surface area (Å²) in [5, 5.41) is 20.1. The minimum Gasteiger partial charge on any atom is -0.258 e. The highest BCUT2D eigenvalue weighted by Crippen LogP contribution is 2.46. The number of benzene rings is 1. The standard InChI is InChI=1S/C17H12F5N3O2/c1-9(2)13-8-24-15(16(18,19)17(20,21)22)12(7-23)14(13)10-3-5-11(6-4-10)25(26)27/h3-6,8-9H,1-2H3. The molecule has 0 atom stereocenters. The lowest BCUT2D eigenvalue weighted by atomic mass is 9.88. The van der Waals surface area contributed by atoms with Gasteiger partial charge in [-0.15, -0.1) is 0 Å². The summed E-state index contributed by atoms with van der Waals surface area (Å²) >= 11 is 0. The molecule has 2 rings (SSSR count). The van der Waals surface area contributed by atoms with Crippen LogP contribution >= 0.6 is 0 Å². The Morgan fingerprint density at radius 2 is 1.70 bits per heavy atom. The van der Waals surface area contributed by atoms with Gasteiger partial charge in [-0.2, -0.15) is 27.2 Å². The Kier molecular flexibility index (Phi) is 5.17. The molecule has 0 aliphatic rings. The smallest absolute Gasteiger partial charge is 0.258 e. The lowest BCUT2D eigenvalue weighted by Crippen LogP contribution is -2.35. The van der Waals surface area contributed by atoms with Gasteiger partial charge in [0.1, 0.15) is 11.8 Å².